The van der Waals surface area contributed by atoms with Crippen molar-refractivity contribution in [3.05, 3.63) is 59.7 Å². The van der Waals surface area contributed by atoms with E-state index in [1.54, 1.807) is 0 Å². The highest BCUT2D eigenvalue weighted by Gasteiger charge is 2.72. The van der Waals surface area contributed by atoms with Crippen molar-refractivity contribution in [2.75, 3.05) is 26.9 Å². The molecule has 2 aromatic rings. The number of amides is 2. The number of hydrogen-bond acceptors (Lipinski definition) is 5. The van der Waals surface area contributed by atoms with Crippen molar-refractivity contribution in [3.63, 3.8) is 0 Å². The molecule has 2 aliphatic carbocycles. The number of alkyl halides is 2. The molecule has 2 amide bonds. The van der Waals surface area contributed by atoms with Crippen LogP contribution in [-0.2, 0) is 19.1 Å². The summed E-state index contributed by atoms with van der Waals surface area (Å²) in [5, 5.41) is 13.5. The number of carbonyl (C=O) groups is 3. The number of ether oxygens (including phenoxy) is 2. The number of aliphatic carboxylic acids is 1. The summed E-state index contributed by atoms with van der Waals surface area (Å²) >= 11 is 0. The maximum atomic E-state index is 13.5. The van der Waals surface area contributed by atoms with Gasteiger partial charge in [0.15, 0.2) is 0 Å². The smallest absolute Gasteiger partial charge is 0.407 e. The predicted molar refractivity (Wildman–Crippen MR) is 116 cm³/mol. The largest absolute Gasteiger partial charge is 0.481 e. The highest BCUT2D eigenvalue weighted by Crippen LogP contribution is 2.54. The minimum Gasteiger partial charge on any atom is -0.481 e. The van der Waals surface area contributed by atoms with E-state index in [1.165, 1.54) is 7.11 Å². The number of benzene rings is 2. The van der Waals surface area contributed by atoms with Crippen molar-refractivity contribution in [2.24, 2.45) is 11.8 Å². The molecule has 0 saturated heterocycles. The number of methoxy groups -OCH3 is 1. The van der Waals surface area contributed by atoms with Gasteiger partial charge >= 0.3 is 12.1 Å². The van der Waals surface area contributed by atoms with Gasteiger partial charge in [-0.15, -0.1) is 0 Å². The second-order valence-corrected chi connectivity index (χ2v) is 8.32. The lowest BCUT2D eigenvalue weighted by Crippen LogP contribution is -2.50. The van der Waals surface area contributed by atoms with Gasteiger partial charge in [-0.05, 0) is 22.3 Å². The summed E-state index contributed by atoms with van der Waals surface area (Å²) in [5.41, 5.74) is 4.20. The molecule has 2 aliphatic rings. The fourth-order valence-corrected chi connectivity index (χ4v) is 4.45. The van der Waals surface area contributed by atoms with Crippen LogP contribution in [-0.4, -0.2) is 61.9 Å². The summed E-state index contributed by atoms with van der Waals surface area (Å²) in [6.45, 7) is -0.718. The van der Waals surface area contributed by atoms with Crippen molar-refractivity contribution in [1.29, 1.82) is 0 Å². The van der Waals surface area contributed by atoms with E-state index in [9.17, 15) is 23.2 Å². The van der Waals surface area contributed by atoms with Gasteiger partial charge in [0, 0.05) is 19.6 Å². The first-order valence-corrected chi connectivity index (χ1v) is 10.7. The minimum atomic E-state index is -3.38. The average Bonchev–Trinajstić information content (AvgIpc) is 3.23. The Morgan fingerprint density at radius 3 is 2.18 bits per heavy atom. The molecule has 3 unspecified atom stereocenters. The Bertz CT molecular complexity index is 1060. The van der Waals surface area contributed by atoms with E-state index in [4.69, 9.17) is 14.6 Å². The second-order valence-electron chi connectivity index (χ2n) is 8.32. The van der Waals surface area contributed by atoms with E-state index < -0.39 is 48.3 Å². The van der Waals surface area contributed by atoms with Crippen molar-refractivity contribution in [1.82, 2.24) is 10.6 Å². The molecule has 0 bridgehead atoms. The van der Waals surface area contributed by atoms with Crippen LogP contribution >= 0.6 is 0 Å². The fraction of sp³-hybridized carbons (Fsp3) is 0.375. The molecule has 3 N–H and O–H groups in total. The molecule has 34 heavy (non-hydrogen) atoms. The third-order valence-electron chi connectivity index (χ3n) is 6.25. The second kappa shape index (κ2) is 9.38. The Labute approximate surface area is 194 Å². The van der Waals surface area contributed by atoms with Gasteiger partial charge in [0.2, 0.25) is 5.91 Å². The molecule has 0 heterocycles. The SMILES string of the molecule is COCC(NC(=O)OCC1c2ccccc2-c2ccccc21)C(=O)NCC1C(C(=O)O)C1(F)F. The van der Waals surface area contributed by atoms with Crippen molar-refractivity contribution in [2.45, 2.75) is 17.9 Å². The number of halogens is 2. The van der Waals surface area contributed by atoms with E-state index >= 15 is 0 Å². The molecular formula is C24H24F2N2O6. The van der Waals surface area contributed by atoms with Crippen LogP contribution in [0.3, 0.4) is 0 Å². The van der Waals surface area contributed by atoms with E-state index in [0.717, 1.165) is 22.3 Å². The molecule has 0 radical (unpaired) electrons. The third kappa shape index (κ3) is 4.45. The van der Waals surface area contributed by atoms with Crippen LogP contribution in [0.15, 0.2) is 48.5 Å². The summed E-state index contributed by atoms with van der Waals surface area (Å²) in [4.78, 5) is 35.7. The zero-order valence-electron chi connectivity index (χ0n) is 18.3. The molecule has 0 spiro atoms. The quantitative estimate of drug-likeness (QED) is 0.515. The van der Waals surface area contributed by atoms with E-state index in [2.05, 4.69) is 10.6 Å². The molecule has 3 atom stereocenters. The molecule has 0 aliphatic heterocycles. The number of hydrogen-bond donors (Lipinski definition) is 3. The Morgan fingerprint density at radius 1 is 1.06 bits per heavy atom. The number of rotatable bonds is 9. The first kappa shape index (κ1) is 23.6. The minimum absolute atomic E-state index is 0.0375. The Hall–Kier alpha value is -3.53. The summed E-state index contributed by atoms with van der Waals surface area (Å²) in [5.74, 6) is -9.26. The van der Waals surface area contributed by atoms with Crippen LogP contribution in [0.1, 0.15) is 17.0 Å². The number of carboxylic acids is 1. The summed E-state index contributed by atoms with van der Waals surface area (Å²) in [6, 6.07) is 14.5. The van der Waals surface area contributed by atoms with Crippen LogP contribution in [0.2, 0.25) is 0 Å². The molecule has 4 rings (SSSR count). The Kier molecular flexibility index (Phi) is 6.52. The van der Waals surface area contributed by atoms with Crippen molar-refractivity contribution in [3.8, 4) is 11.1 Å². The van der Waals surface area contributed by atoms with Gasteiger partial charge in [-0.25, -0.2) is 13.6 Å². The lowest BCUT2D eigenvalue weighted by molar-refractivity contribution is -0.141. The van der Waals surface area contributed by atoms with Crippen LogP contribution < -0.4 is 10.6 Å². The molecule has 8 nitrogen and oxygen atoms in total. The summed E-state index contributed by atoms with van der Waals surface area (Å²) in [7, 11) is 1.31. The Balaban J connectivity index is 1.34. The Morgan fingerprint density at radius 2 is 1.65 bits per heavy atom. The van der Waals surface area contributed by atoms with E-state index in [1.807, 2.05) is 48.5 Å². The number of alkyl carbamates (subject to hydrolysis) is 1. The number of fused-ring (bicyclic) bond motifs is 3. The van der Waals surface area contributed by atoms with Crippen LogP contribution in [0, 0.1) is 11.8 Å². The number of nitrogens with one attached hydrogen (secondary N) is 2. The maximum absolute atomic E-state index is 13.5. The number of carboxylic acid groups (broad SMARTS) is 1. The normalized spacial score (nSPS) is 20.6. The topological polar surface area (TPSA) is 114 Å². The lowest BCUT2D eigenvalue weighted by Gasteiger charge is -2.19. The van der Waals surface area contributed by atoms with Crippen LogP contribution in [0.5, 0.6) is 0 Å². The van der Waals surface area contributed by atoms with Gasteiger partial charge in [-0.3, -0.25) is 9.59 Å². The first-order chi connectivity index (χ1) is 16.3. The van der Waals surface area contributed by atoms with Gasteiger partial charge in [-0.2, -0.15) is 0 Å². The van der Waals surface area contributed by atoms with Gasteiger partial charge in [0.25, 0.3) is 5.92 Å². The number of carbonyl (C=O) groups excluding carboxylic acids is 2. The zero-order valence-corrected chi connectivity index (χ0v) is 18.3. The fourth-order valence-electron chi connectivity index (χ4n) is 4.45. The maximum Gasteiger partial charge on any atom is 0.407 e. The monoisotopic (exact) mass is 474 g/mol. The van der Waals surface area contributed by atoms with Gasteiger partial charge < -0.3 is 25.2 Å². The molecule has 0 aromatic heterocycles. The molecular weight excluding hydrogens is 450 g/mol. The molecule has 180 valence electrons. The van der Waals surface area contributed by atoms with E-state index in [-0.39, 0.29) is 19.1 Å². The third-order valence-corrected chi connectivity index (χ3v) is 6.25. The first-order valence-electron chi connectivity index (χ1n) is 10.7. The van der Waals surface area contributed by atoms with Gasteiger partial charge in [0.1, 0.15) is 18.6 Å². The predicted octanol–water partition coefficient (Wildman–Crippen LogP) is 2.62. The van der Waals surface area contributed by atoms with Gasteiger partial charge in [-0.1, -0.05) is 48.5 Å². The lowest BCUT2D eigenvalue weighted by atomic mass is 9.98. The highest BCUT2D eigenvalue weighted by atomic mass is 19.3. The average molecular weight is 474 g/mol. The highest BCUT2D eigenvalue weighted by molar-refractivity contribution is 5.86. The molecule has 1 saturated carbocycles. The van der Waals surface area contributed by atoms with Crippen LogP contribution in [0.25, 0.3) is 11.1 Å². The van der Waals surface area contributed by atoms with Crippen LogP contribution in [0.4, 0.5) is 13.6 Å². The molecule has 10 heteroatoms. The zero-order chi connectivity index (χ0) is 24.5. The standard InChI is InChI=1S/C24H24F2N2O6/c1-33-12-19(21(29)27-10-18-20(22(30)31)24(18,25)26)28-23(32)34-11-17-15-8-4-2-6-13(15)14-7-3-5-9-16(14)17/h2-9,17-20H,10-12H2,1H3,(H,27,29)(H,28,32)(H,30,31). The van der Waals surface area contributed by atoms with E-state index in [0.29, 0.717) is 0 Å². The summed E-state index contributed by atoms with van der Waals surface area (Å²) in [6.07, 6.45) is -0.862. The molecule has 1 fully saturated rings. The van der Waals surface area contributed by atoms with Crippen molar-refractivity contribution >= 4 is 18.0 Å². The molecule has 2 aromatic carbocycles. The van der Waals surface area contributed by atoms with Gasteiger partial charge in [0.05, 0.1) is 12.5 Å². The summed E-state index contributed by atoms with van der Waals surface area (Å²) < 4.78 is 37.4. The van der Waals surface area contributed by atoms with Crippen molar-refractivity contribution < 1.29 is 37.7 Å².